The molecule has 0 radical (unpaired) electrons. The molecule has 0 saturated carbocycles. The highest BCUT2D eigenvalue weighted by Crippen LogP contribution is 2.22. The number of anilines is 1. The molecule has 0 aliphatic carbocycles. The lowest BCUT2D eigenvalue weighted by molar-refractivity contribution is 0.704. The summed E-state index contributed by atoms with van der Waals surface area (Å²) >= 11 is 0. The fourth-order valence-electron chi connectivity index (χ4n) is 2.59. The van der Waals surface area contributed by atoms with E-state index in [9.17, 15) is 0 Å². The maximum absolute atomic E-state index is 4.66. The van der Waals surface area contributed by atoms with Crippen molar-refractivity contribution in [2.45, 2.75) is 13.0 Å². The Labute approximate surface area is 122 Å². The maximum Gasteiger partial charge on any atom is 0.147 e. The number of hydrogen-bond acceptors (Lipinski definition) is 5. The second-order valence-corrected chi connectivity index (χ2v) is 4.99. The Kier molecular flexibility index (Phi) is 2.85. The summed E-state index contributed by atoms with van der Waals surface area (Å²) in [5.41, 5.74) is 3.37. The van der Waals surface area contributed by atoms with Crippen molar-refractivity contribution in [2.24, 2.45) is 0 Å². The molecule has 0 unspecified atom stereocenters. The van der Waals surface area contributed by atoms with Gasteiger partial charge < -0.3 is 4.90 Å². The first-order chi connectivity index (χ1) is 10.4. The highest BCUT2D eigenvalue weighted by Gasteiger charge is 2.21. The van der Waals surface area contributed by atoms with Crippen molar-refractivity contribution in [3.63, 3.8) is 0 Å². The van der Waals surface area contributed by atoms with Gasteiger partial charge in [-0.2, -0.15) is 5.10 Å². The summed E-state index contributed by atoms with van der Waals surface area (Å²) < 4.78 is 1.90. The van der Waals surface area contributed by atoms with Crippen LogP contribution in [0.3, 0.4) is 0 Å². The van der Waals surface area contributed by atoms with E-state index in [-0.39, 0.29) is 0 Å². The van der Waals surface area contributed by atoms with Gasteiger partial charge in [-0.15, -0.1) is 0 Å². The van der Waals surface area contributed by atoms with Gasteiger partial charge in [-0.1, -0.05) is 0 Å². The van der Waals surface area contributed by atoms with Crippen molar-refractivity contribution in [1.29, 1.82) is 0 Å². The highest BCUT2D eigenvalue weighted by molar-refractivity contribution is 5.41. The predicted octanol–water partition coefficient (Wildman–Crippen LogP) is 1.62. The minimum atomic E-state index is 0.814. The Morgan fingerprint density at radius 1 is 1.05 bits per heavy atom. The Morgan fingerprint density at radius 2 is 2.00 bits per heavy atom. The zero-order chi connectivity index (χ0) is 14.1. The van der Waals surface area contributed by atoms with Crippen molar-refractivity contribution < 1.29 is 0 Å². The van der Waals surface area contributed by atoms with Crippen LogP contribution in [0.2, 0.25) is 0 Å². The molecule has 6 heteroatoms. The van der Waals surface area contributed by atoms with E-state index < -0.39 is 0 Å². The van der Waals surface area contributed by atoms with Gasteiger partial charge in [0, 0.05) is 49.9 Å². The second kappa shape index (κ2) is 4.97. The average Bonchev–Trinajstić information content (AvgIpc) is 2.99. The summed E-state index contributed by atoms with van der Waals surface area (Å²) in [6.45, 7) is 1.73. The molecule has 0 saturated heterocycles. The number of fused-ring (bicyclic) bond motifs is 1. The molecule has 0 bridgehead atoms. The second-order valence-electron chi connectivity index (χ2n) is 4.99. The third-order valence-corrected chi connectivity index (χ3v) is 3.64. The van der Waals surface area contributed by atoms with Crippen LogP contribution >= 0.6 is 0 Å². The molecular weight excluding hydrogens is 264 g/mol. The molecule has 104 valence electrons. The Morgan fingerprint density at radius 3 is 2.81 bits per heavy atom. The Hall–Kier alpha value is -2.76. The zero-order valence-electron chi connectivity index (χ0n) is 11.4. The van der Waals surface area contributed by atoms with Crippen LogP contribution < -0.4 is 4.90 Å². The normalized spacial score (nSPS) is 14.0. The number of nitrogens with zero attached hydrogens (tertiary/aromatic N) is 6. The van der Waals surface area contributed by atoms with E-state index in [1.807, 2.05) is 23.0 Å². The van der Waals surface area contributed by atoms with Gasteiger partial charge in [0.1, 0.15) is 5.82 Å². The molecule has 21 heavy (non-hydrogen) atoms. The highest BCUT2D eigenvalue weighted by atomic mass is 15.3. The van der Waals surface area contributed by atoms with Crippen LogP contribution in [0.1, 0.15) is 11.3 Å². The molecule has 1 aliphatic heterocycles. The van der Waals surface area contributed by atoms with Gasteiger partial charge in [0.15, 0.2) is 0 Å². The van der Waals surface area contributed by atoms with E-state index >= 15 is 0 Å². The molecule has 0 aromatic carbocycles. The summed E-state index contributed by atoms with van der Waals surface area (Å²) in [5, 5.41) is 4.66. The summed E-state index contributed by atoms with van der Waals surface area (Å²) in [6, 6.07) is 3.92. The van der Waals surface area contributed by atoms with Gasteiger partial charge in [0.25, 0.3) is 0 Å². The van der Waals surface area contributed by atoms with Crippen LogP contribution in [0.15, 0.2) is 49.3 Å². The molecule has 0 spiro atoms. The average molecular weight is 278 g/mol. The van der Waals surface area contributed by atoms with Crippen molar-refractivity contribution in [2.75, 3.05) is 11.4 Å². The number of pyridine rings is 1. The molecule has 3 aromatic heterocycles. The first kappa shape index (κ1) is 12.0. The minimum Gasteiger partial charge on any atom is -0.350 e. The molecule has 0 N–H and O–H groups in total. The summed E-state index contributed by atoms with van der Waals surface area (Å²) in [6.07, 6.45) is 11.8. The van der Waals surface area contributed by atoms with Crippen molar-refractivity contribution >= 4 is 5.82 Å². The first-order valence-corrected chi connectivity index (χ1v) is 6.89. The van der Waals surface area contributed by atoms with Crippen LogP contribution in [0.25, 0.3) is 5.69 Å². The molecule has 0 atom stereocenters. The third-order valence-electron chi connectivity index (χ3n) is 3.64. The lowest BCUT2D eigenvalue weighted by Crippen LogP contribution is -2.30. The summed E-state index contributed by atoms with van der Waals surface area (Å²) in [5.74, 6) is 0.914. The van der Waals surface area contributed by atoms with E-state index in [4.69, 9.17) is 0 Å². The van der Waals surface area contributed by atoms with Crippen molar-refractivity contribution in [1.82, 2.24) is 24.7 Å². The smallest absolute Gasteiger partial charge is 0.147 e. The Balaban J connectivity index is 1.63. The van der Waals surface area contributed by atoms with Gasteiger partial charge in [-0.3, -0.25) is 9.97 Å². The topological polar surface area (TPSA) is 59.7 Å². The number of hydrogen-bond donors (Lipinski definition) is 0. The Bertz CT molecular complexity index is 737. The van der Waals surface area contributed by atoms with Crippen LogP contribution in [-0.4, -0.2) is 31.3 Å². The lowest BCUT2D eigenvalue weighted by Gasteiger charge is -2.26. The summed E-state index contributed by atoms with van der Waals surface area (Å²) in [4.78, 5) is 14.9. The predicted molar refractivity (Wildman–Crippen MR) is 78.1 cm³/mol. The lowest BCUT2D eigenvalue weighted by atomic mass is 10.1. The quantitative estimate of drug-likeness (QED) is 0.713. The van der Waals surface area contributed by atoms with E-state index in [2.05, 4.69) is 31.1 Å². The third kappa shape index (κ3) is 2.24. The molecule has 0 amide bonds. The van der Waals surface area contributed by atoms with E-state index in [0.717, 1.165) is 36.7 Å². The fourth-order valence-corrected chi connectivity index (χ4v) is 2.59. The van der Waals surface area contributed by atoms with Gasteiger partial charge in [0.05, 0.1) is 23.8 Å². The van der Waals surface area contributed by atoms with Crippen molar-refractivity contribution in [3.8, 4) is 5.69 Å². The molecular formula is C15H14N6. The van der Waals surface area contributed by atoms with Gasteiger partial charge in [-0.25, -0.2) is 9.67 Å². The van der Waals surface area contributed by atoms with Gasteiger partial charge in [0.2, 0.25) is 0 Å². The molecule has 1 aliphatic rings. The number of rotatable bonds is 2. The molecule has 0 fully saturated rings. The molecule has 4 heterocycles. The zero-order valence-corrected chi connectivity index (χ0v) is 11.4. The largest absolute Gasteiger partial charge is 0.350 e. The van der Waals surface area contributed by atoms with Gasteiger partial charge >= 0.3 is 0 Å². The van der Waals surface area contributed by atoms with E-state index in [1.165, 1.54) is 5.56 Å². The molecule has 6 nitrogen and oxygen atoms in total. The minimum absolute atomic E-state index is 0.814. The van der Waals surface area contributed by atoms with Gasteiger partial charge in [-0.05, 0) is 12.1 Å². The molecule has 4 rings (SSSR count). The van der Waals surface area contributed by atoms with Crippen LogP contribution in [0.5, 0.6) is 0 Å². The SMILES string of the molecule is c1cncc(-n2cc3c(n2)CCN(c2cnccn2)C3)c1. The van der Waals surface area contributed by atoms with Crippen LogP contribution in [0.4, 0.5) is 5.82 Å². The monoisotopic (exact) mass is 278 g/mol. The van der Waals surface area contributed by atoms with Crippen LogP contribution in [0, 0.1) is 0 Å². The fraction of sp³-hybridized carbons (Fsp3) is 0.200. The van der Waals surface area contributed by atoms with E-state index in [1.54, 1.807) is 24.8 Å². The van der Waals surface area contributed by atoms with Crippen molar-refractivity contribution in [3.05, 3.63) is 60.6 Å². The number of aromatic nitrogens is 5. The van der Waals surface area contributed by atoms with Crippen LogP contribution in [-0.2, 0) is 13.0 Å². The molecule has 3 aromatic rings. The summed E-state index contributed by atoms with van der Waals surface area (Å²) in [7, 11) is 0. The maximum atomic E-state index is 4.66. The van der Waals surface area contributed by atoms with E-state index in [0.29, 0.717) is 0 Å². The first-order valence-electron chi connectivity index (χ1n) is 6.89. The standard InChI is InChI=1S/C15H14N6/c1-2-13(8-16-4-1)21-11-12-10-20(7-3-14(12)19-21)15-9-17-5-6-18-15/h1-2,4-6,8-9,11H,3,7,10H2.